The van der Waals surface area contributed by atoms with Gasteiger partial charge in [0, 0.05) is 19.4 Å². The summed E-state index contributed by atoms with van der Waals surface area (Å²) in [7, 11) is 1.61. The first kappa shape index (κ1) is 15.3. The van der Waals surface area contributed by atoms with Gasteiger partial charge in [-0.1, -0.05) is 6.07 Å². The lowest BCUT2D eigenvalue weighted by atomic mass is 10.1. The fourth-order valence-electron chi connectivity index (χ4n) is 1.78. The molecule has 1 heterocycles. The zero-order valence-electron chi connectivity index (χ0n) is 11.6. The highest BCUT2D eigenvalue weighted by atomic mass is 19.4. The van der Waals surface area contributed by atoms with Gasteiger partial charge in [-0.2, -0.15) is 13.2 Å². The first-order valence-electron chi connectivity index (χ1n) is 6.19. The lowest BCUT2D eigenvalue weighted by Crippen LogP contribution is -2.05. The lowest BCUT2D eigenvalue weighted by Gasteiger charge is -2.10. The number of hydrogen-bond donors (Lipinski definition) is 0. The Morgan fingerprint density at radius 1 is 1.14 bits per heavy atom. The number of pyridine rings is 1. The molecule has 0 aliphatic rings. The number of benzene rings is 1. The Bertz CT molecular complexity index is 609. The Hall–Kier alpha value is -2.08. The van der Waals surface area contributed by atoms with E-state index in [0.717, 1.165) is 23.4 Å². The number of nitrogens with zero attached hydrogens (tertiary/aromatic N) is 1. The Morgan fingerprint density at radius 3 is 2.43 bits per heavy atom. The van der Waals surface area contributed by atoms with E-state index in [1.807, 2.05) is 13.0 Å². The van der Waals surface area contributed by atoms with Crippen molar-refractivity contribution >= 4 is 0 Å². The summed E-state index contributed by atoms with van der Waals surface area (Å²) in [6, 6.07) is 7.49. The fourth-order valence-corrected chi connectivity index (χ4v) is 1.78. The van der Waals surface area contributed by atoms with Crippen LogP contribution in [-0.4, -0.2) is 12.1 Å². The standard InChI is InChI=1S/C15H14F3NO2/c1-10-7-13(5-3-11(10)9-20-2)21-14-6-4-12(8-19-14)15(16,17)18/h3-8H,9H2,1-2H3. The maximum atomic E-state index is 12.4. The number of rotatable bonds is 4. The SMILES string of the molecule is COCc1ccc(Oc2ccc(C(F)(F)F)cn2)cc1C. The van der Waals surface area contributed by atoms with Crippen molar-refractivity contribution in [1.82, 2.24) is 4.98 Å². The van der Waals surface area contributed by atoms with Gasteiger partial charge in [-0.15, -0.1) is 0 Å². The highest BCUT2D eigenvalue weighted by molar-refractivity contribution is 5.36. The molecule has 0 bridgehead atoms. The molecule has 0 atom stereocenters. The molecule has 2 rings (SSSR count). The van der Waals surface area contributed by atoms with Crippen molar-refractivity contribution in [1.29, 1.82) is 0 Å². The van der Waals surface area contributed by atoms with Crippen LogP contribution in [0.4, 0.5) is 13.2 Å². The second-order valence-corrected chi connectivity index (χ2v) is 4.51. The molecule has 0 saturated carbocycles. The summed E-state index contributed by atoms with van der Waals surface area (Å²) in [4.78, 5) is 3.66. The molecule has 6 heteroatoms. The van der Waals surface area contributed by atoms with E-state index in [-0.39, 0.29) is 5.88 Å². The van der Waals surface area contributed by atoms with Crippen molar-refractivity contribution in [3.05, 3.63) is 53.2 Å². The lowest BCUT2D eigenvalue weighted by molar-refractivity contribution is -0.137. The minimum absolute atomic E-state index is 0.113. The average Bonchev–Trinajstić information content (AvgIpc) is 2.42. The zero-order chi connectivity index (χ0) is 15.5. The number of hydrogen-bond acceptors (Lipinski definition) is 3. The summed E-state index contributed by atoms with van der Waals surface area (Å²) in [6.45, 7) is 2.39. The minimum atomic E-state index is -4.40. The van der Waals surface area contributed by atoms with Gasteiger partial charge >= 0.3 is 6.18 Å². The van der Waals surface area contributed by atoms with Gasteiger partial charge in [0.1, 0.15) is 5.75 Å². The van der Waals surface area contributed by atoms with Crippen LogP contribution in [-0.2, 0) is 17.5 Å². The molecule has 0 fully saturated rings. The van der Waals surface area contributed by atoms with E-state index in [9.17, 15) is 13.2 Å². The Kier molecular flexibility index (Phi) is 4.47. The van der Waals surface area contributed by atoms with Gasteiger partial charge in [0.25, 0.3) is 0 Å². The first-order valence-corrected chi connectivity index (χ1v) is 6.19. The predicted molar refractivity (Wildman–Crippen MR) is 71.2 cm³/mol. The van der Waals surface area contributed by atoms with Gasteiger partial charge in [0.15, 0.2) is 0 Å². The summed E-state index contributed by atoms with van der Waals surface area (Å²) in [5.41, 5.74) is 1.19. The highest BCUT2D eigenvalue weighted by Crippen LogP contribution is 2.30. The number of aromatic nitrogens is 1. The average molecular weight is 297 g/mol. The van der Waals surface area contributed by atoms with Crippen LogP contribution in [0.5, 0.6) is 11.6 Å². The molecule has 2 aromatic rings. The van der Waals surface area contributed by atoms with Crippen molar-refractivity contribution in [2.75, 3.05) is 7.11 Å². The van der Waals surface area contributed by atoms with E-state index in [2.05, 4.69) is 4.98 Å². The molecule has 3 nitrogen and oxygen atoms in total. The van der Waals surface area contributed by atoms with Crippen molar-refractivity contribution in [2.24, 2.45) is 0 Å². The summed E-state index contributed by atoms with van der Waals surface area (Å²) in [5, 5.41) is 0. The monoisotopic (exact) mass is 297 g/mol. The van der Waals surface area contributed by atoms with E-state index >= 15 is 0 Å². The Balaban J connectivity index is 2.13. The van der Waals surface area contributed by atoms with Crippen LogP contribution < -0.4 is 4.74 Å². The first-order chi connectivity index (χ1) is 9.90. The molecule has 1 aromatic carbocycles. The molecule has 0 aliphatic heterocycles. The summed E-state index contributed by atoms with van der Waals surface area (Å²) >= 11 is 0. The molecule has 112 valence electrons. The molecule has 0 spiro atoms. The topological polar surface area (TPSA) is 31.4 Å². The Labute approximate surface area is 120 Å². The third-order valence-electron chi connectivity index (χ3n) is 2.90. The maximum absolute atomic E-state index is 12.4. The van der Waals surface area contributed by atoms with E-state index in [0.29, 0.717) is 12.4 Å². The van der Waals surface area contributed by atoms with Crippen molar-refractivity contribution in [3.63, 3.8) is 0 Å². The minimum Gasteiger partial charge on any atom is -0.439 e. The second kappa shape index (κ2) is 6.13. The van der Waals surface area contributed by atoms with Gasteiger partial charge in [-0.05, 0) is 36.2 Å². The largest absolute Gasteiger partial charge is 0.439 e. The van der Waals surface area contributed by atoms with Crippen LogP contribution in [0.1, 0.15) is 16.7 Å². The maximum Gasteiger partial charge on any atom is 0.417 e. The van der Waals surface area contributed by atoms with Crippen LogP contribution in [0, 0.1) is 6.92 Å². The summed E-state index contributed by atoms with van der Waals surface area (Å²) in [6.07, 6.45) is -3.65. The number of methoxy groups -OCH3 is 1. The van der Waals surface area contributed by atoms with E-state index in [1.165, 1.54) is 6.07 Å². The number of ether oxygens (including phenoxy) is 2. The summed E-state index contributed by atoms with van der Waals surface area (Å²) < 4.78 is 47.8. The van der Waals surface area contributed by atoms with Gasteiger partial charge in [-0.3, -0.25) is 0 Å². The second-order valence-electron chi connectivity index (χ2n) is 4.51. The normalized spacial score (nSPS) is 11.5. The highest BCUT2D eigenvalue weighted by Gasteiger charge is 2.30. The van der Waals surface area contributed by atoms with Crippen molar-refractivity contribution < 1.29 is 22.6 Å². The molecule has 0 N–H and O–H groups in total. The predicted octanol–water partition coefficient (Wildman–Crippen LogP) is 4.35. The van der Waals surface area contributed by atoms with Gasteiger partial charge in [0.05, 0.1) is 12.2 Å². The van der Waals surface area contributed by atoms with Crippen molar-refractivity contribution in [3.8, 4) is 11.6 Å². The molecular formula is C15H14F3NO2. The van der Waals surface area contributed by atoms with Gasteiger partial charge in [0.2, 0.25) is 5.88 Å². The van der Waals surface area contributed by atoms with E-state index in [4.69, 9.17) is 9.47 Å². The number of alkyl halides is 3. The molecule has 21 heavy (non-hydrogen) atoms. The molecule has 0 radical (unpaired) electrons. The third-order valence-corrected chi connectivity index (χ3v) is 2.90. The zero-order valence-corrected chi connectivity index (χ0v) is 11.6. The molecule has 1 aromatic heterocycles. The van der Waals surface area contributed by atoms with E-state index in [1.54, 1.807) is 19.2 Å². The number of halogens is 3. The quantitative estimate of drug-likeness (QED) is 0.841. The van der Waals surface area contributed by atoms with Gasteiger partial charge < -0.3 is 9.47 Å². The van der Waals surface area contributed by atoms with E-state index < -0.39 is 11.7 Å². The van der Waals surface area contributed by atoms with Gasteiger partial charge in [-0.25, -0.2) is 4.98 Å². The van der Waals surface area contributed by atoms with Crippen molar-refractivity contribution in [2.45, 2.75) is 19.7 Å². The smallest absolute Gasteiger partial charge is 0.417 e. The Morgan fingerprint density at radius 2 is 1.90 bits per heavy atom. The number of aryl methyl sites for hydroxylation is 1. The third kappa shape index (κ3) is 3.95. The molecule has 0 unspecified atom stereocenters. The van der Waals surface area contributed by atoms with Crippen LogP contribution in [0.3, 0.4) is 0 Å². The van der Waals surface area contributed by atoms with Crippen LogP contribution in [0.15, 0.2) is 36.5 Å². The molecule has 0 aliphatic carbocycles. The summed E-state index contributed by atoms with van der Waals surface area (Å²) in [5.74, 6) is 0.626. The molecule has 0 amide bonds. The van der Waals surface area contributed by atoms with Crippen LogP contribution in [0.2, 0.25) is 0 Å². The molecular weight excluding hydrogens is 283 g/mol. The molecule has 0 saturated heterocycles. The van der Waals surface area contributed by atoms with Crippen LogP contribution in [0.25, 0.3) is 0 Å². The van der Waals surface area contributed by atoms with Crippen LogP contribution >= 0.6 is 0 Å². The fraction of sp³-hybridized carbons (Fsp3) is 0.267.